The lowest BCUT2D eigenvalue weighted by atomic mass is 10.1. The predicted molar refractivity (Wildman–Crippen MR) is 93.9 cm³/mol. The number of primary amides is 1. The van der Waals surface area contributed by atoms with E-state index in [1.165, 1.54) is 5.01 Å². The van der Waals surface area contributed by atoms with E-state index in [0.29, 0.717) is 18.7 Å². The van der Waals surface area contributed by atoms with Crippen molar-refractivity contribution >= 4 is 23.2 Å². The first-order valence-electron chi connectivity index (χ1n) is 8.01. The van der Waals surface area contributed by atoms with Crippen LogP contribution in [0.2, 0.25) is 0 Å². The largest absolute Gasteiger partial charge is 0.368 e. The highest BCUT2D eigenvalue weighted by molar-refractivity contribution is 6.40. The van der Waals surface area contributed by atoms with E-state index < -0.39 is 11.9 Å². The van der Waals surface area contributed by atoms with E-state index in [2.05, 4.69) is 15.5 Å². The number of amides is 2. The van der Waals surface area contributed by atoms with Crippen molar-refractivity contribution in [1.82, 2.24) is 15.1 Å². The number of nitrogens with zero attached hydrogens (tertiary/aromatic N) is 4. The molecular formula is C17H20N6O2. The first-order chi connectivity index (χ1) is 12.0. The maximum Gasteiger partial charge on any atom is 0.267 e. The molecule has 1 unspecified atom stereocenters. The number of anilines is 1. The lowest BCUT2D eigenvalue weighted by molar-refractivity contribution is -0.119. The summed E-state index contributed by atoms with van der Waals surface area (Å²) in [5.41, 5.74) is 7.54. The summed E-state index contributed by atoms with van der Waals surface area (Å²) in [5, 5.41) is 12.7. The van der Waals surface area contributed by atoms with Crippen LogP contribution in [0.5, 0.6) is 0 Å². The number of carbonyl (C=O) groups is 2. The van der Waals surface area contributed by atoms with Crippen LogP contribution in [-0.2, 0) is 23.1 Å². The second kappa shape index (κ2) is 7.16. The van der Waals surface area contributed by atoms with Gasteiger partial charge in [-0.3, -0.25) is 19.3 Å². The highest BCUT2D eigenvalue weighted by Crippen LogP contribution is 2.24. The van der Waals surface area contributed by atoms with Gasteiger partial charge in [-0.15, -0.1) is 0 Å². The van der Waals surface area contributed by atoms with Crippen molar-refractivity contribution < 1.29 is 9.59 Å². The van der Waals surface area contributed by atoms with Gasteiger partial charge in [-0.1, -0.05) is 18.2 Å². The molecule has 1 aromatic carbocycles. The molecule has 3 rings (SSSR count). The summed E-state index contributed by atoms with van der Waals surface area (Å²) in [6.45, 7) is 0.468. The standard InChI is InChI=1S/C17H20N6O2/c1-22-11-12(10-20-22)7-8-19-17(25)14-9-15(16(18)24)23(21-14)13-5-3-2-4-6-13/h2-6,10-11,15H,7-9H2,1H3,(H2,18,24)(H,19,25). The Morgan fingerprint density at radius 2 is 2.08 bits per heavy atom. The van der Waals surface area contributed by atoms with Crippen molar-refractivity contribution in [2.45, 2.75) is 18.9 Å². The van der Waals surface area contributed by atoms with Crippen LogP contribution < -0.4 is 16.1 Å². The van der Waals surface area contributed by atoms with Gasteiger partial charge in [-0.2, -0.15) is 10.2 Å². The number of hydrogen-bond acceptors (Lipinski definition) is 5. The molecule has 0 saturated heterocycles. The summed E-state index contributed by atoms with van der Waals surface area (Å²) in [6.07, 6.45) is 4.54. The number of hydrazone groups is 1. The van der Waals surface area contributed by atoms with Gasteiger partial charge in [-0.25, -0.2) is 0 Å². The molecule has 2 amide bonds. The number of carbonyl (C=O) groups excluding carboxylic acids is 2. The lowest BCUT2D eigenvalue weighted by Gasteiger charge is -2.20. The minimum Gasteiger partial charge on any atom is -0.368 e. The van der Waals surface area contributed by atoms with Crippen molar-refractivity contribution in [2.75, 3.05) is 11.6 Å². The number of aromatic nitrogens is 2. The third-order valence-corrected chi connectivity index (χ3v) is 3.98. The van der Waals surface area contributed by atoms with E-state index in [-0.39, 0.29) is 12.3 Å². The number of benzene rings is 1. The fourth-order valence-corrected chi connectivity index (χ4v) is 2.71. The molecule has 0 fully saturated rings. The monoisotopic (exact) mass is 340 g/mol. The molecule has 25 heavy (non-hydrogen) atoms. The van der Waals surface area contributed by atoms with Crippen LogP contribution in [0.3, 0.4) is 0 Å². The minimum absolute atomic E-state index is 0.197. The van der Waals surface area contributed by atoms with E-state index in [0.717, 1.165) is 11.3 Å². The van der Waals surface area contributed by atoms with E-state index >= 15 is 0 Å². The molecule has 0 spiro atoms. The molecule has 1 aliphatic rings. The molecule has 0 radical (unpaired) electrons. The van der Waals surface area contributed by atoms with Crippen molar-refractivity contribution in [1.29, 1.82) is 0 Å². The van der Waals surface area contributed by atoms with Gasteiger partial charge in [0.25, 0.3) is 5.91 Å². The smallest absolute Gasteiger partial charge is 0.267 e. The number of nitrogens with two attached hydrogens (primary N) is 1. The third kappa shape index (κ3) is 3.85. The van der Waals surface area contributed by atoms with Gasteiger partial charge in [-0.05, 0) is 24.1 Å². The number of nitrogens with one attached hydrogen (secondary N) is 1. The molecule has 2 heterocycles. The Balaban J connectivity index is 1.64. The third-order valence-electron chi connectivity index (χ3n) is 3.98. The number of rotatable bonds is 6. The molecular weight excluding hydrogens is 320 g/mol. The quantitative estimate of drug-likeness (QED) is 0.783. The topological polar surface area (TPSA) is 106 Å². The molecule has 0 aliphatic carbocycles. The lowest BCUT2D eigenvalue weighted by Crippen LogP contribution is -2.40. The SMILES string of the molecule is Cn1cc(CCNC(=O)C2=NN(c3ccccc3)C(C(N)=O)C2)cn1. The van der Waals surface area contributed by atoms with Crippen molar-refractivity contribution in [3.63, 3.8) is 0 Å². The Morgan fingerprint density at radius 3 is 2.72 bits per heavy atom. The van der Waals surface area contributed by atoms with Gasteiger partial charge in [0.15, 0.2) is 0 Å². The van der Waals surface area contributed by atoms with Crippen LogP contribution in [0.15, 0.2) is 47.8 Å². The Kier molecular flexibility index (Phi) is 4.78. The van der Waals surface area contributed by atoms with Crippen LogP contribution in [0.1, 0.15) is 12.0 Å². The van der Waals surface area contributed by atoms with E-state index in [1.54, 1.807) is 10.9 Å². The van der Waals surface area contributed by atoms with Crippen LogP contribution in [0.25, 0.3) is 0 Å². The second-order valence-corrected chi connectivity index (χ2v) is 5.88. The summed E-state index contributed by atoms with van der Waals surface area (Å²) < 4.78 is 1.72. The Bertz CT molecular complexity index is 798. The normalized spacial score (nSPS) is 16.6. The van der Waals surface area contributed by atoms with Crippen LogP contribution in [0.4, 0.5) is 5.69 Å². The molecule has 0 saturated carbocycles. The fraction of sp³-hybridized carbons (Fsp3) is 0.294. The van der Waals surface area contributed by atoms with Gasteiger partial charge >= 0.3 is 0 Å². The zero-order valence-corrected chi connectivity index (χ0v) is 13.9. The van der Waals surface area contributed by atoms with Crippen LogP contribution >= 0.6 is 0 Å². The zero-order valence-electron chi connectivity index (χ0n) is 13.9. The molecule has 1 aromatic heterocycles. The zero-order chi connectivity index (χ0) is 17.8. The van der Waals surface area contributed by atoms with E-state index in [4.69, 9.17) is 5.73 Å². The average Bonchev–Trinajstić information content (AvgIpc) is 3.22. The number of aryl methyl sites for hydroxylation is 1. The maximum absolute atomic E-state index is 12.3. The van der Waals surface area contributed by atoms with E-state index in [1.807, 2.05) is 43.6 Å². The number of hydrogen-bond donors (Lipinski definition) is 2. The van der Waals surface area contributed by atoms with Crippen LogP contribution in [0, 0.1) is 0 Å². The van der Waals surface area contributed by atoms with Crippen molar-refractivity contribution in [3.05, 3.63) is 48.3 Å². The van der Waals surface area contributed by atoms with Gasteiger partial charge in [0.1, 0.15) is 11.8 Å². The van der Waals surface area contributed by atoms with Gasteiger partial charge < -0.3 is 11.1 Å². The van der Waals surface area contributed by atoms with Gasteiger partial charge in [0.2, 0.25) is 5.91 Å². The highest BCUT2D eigenvalue weighted by atomic mass is 16.2. The van der Waals surface area contributed by atoms with Gasteiger partial charge in [0, 0.05) is 26.2 Å². The first-order valence-corrected chi connectivity index (χ1v) is 8.01. The summed E-state index contributed by atoms with van der Waals surface area (Å²) >= 11 is 0. The molecule has 8 nitrogen and oxygen atoms in total. The van der Waals surface area contributed by atoms with Crippen molar-refractivity contribution in [2.24, 2.45) is 17.9 Å². The average molecular weight is 340 g/mol. The Morgan fingerprint density at radius 1 is 1.32 bits per heavy atom. The molecule has 130 valence electrons. The second-order valence-electron chi connectivity index (χ2n) is 5.88. The highest BCUT2D eigenvalue weighted by Gasteiger charge is 2.34. The first kappa shape index (κ1) is 16.7. The summed E-state index contributed by atoms with van der Waals surface area (Å²) in [7, 11) is 1.84. The van der Waals surface area contributed by atoms with E-state index in [9.17, 15) is 9.59 Å². The Labute approximate surface area is 145 Å². The summed E-state index contributed by atoms with van der Waals surface area (Å²) in [4.78, 5) is 24.1. The Hall–Kier alpha value is -3.16. The van der Waals surface area contributed by atoms with Crippen LogP contribution in [-0.4, -0.2) is 39.9 Å². The molecule has 2 aromatic rings. The molecule has 8 heteroatoms. The minimum atomic E-state index is -0.651. The van der Waals surface area contributed by atoms with Crippen molar-refractivity contribution in [3.8, 4) is 0 Å². The molecule has 0 bridgehead atoms. The molecule has 1 atom stereocenters. The van der Waals surface area contributed by atoms with Gasteiger partial charge in [0.05, 0.1) is 11.9 Å². The fourth-order valence-electron chi connectivity index (χ4n) is 2.71. The molecule has 1 aliphatic heterocycles. The summed E-state index contributed by atoms with van der Waals surface area (Å²) in [6, 6.07) is 8.55. The maximum atomic E-state index is 12.3. The summed E-state index contributed by atoms with van der Waals surface area (Å²) in [5.74, 6) is -0.792. The predicted octanol–water partition coefficient (Wildman–Crippen LogP) is 0.199. The molecule has 3 N–H and O–H groups in total. The number of para-hydroxylation sites is 1.